The van der Waals surface area contributed by atoms with Crippen LogP contribution in [0.15, 0.2) is 146 Å². The molecule has 0 aromatic rings. The monoisotopic (exact) mass is 1550 g/mol. The van der Waals surface area contributed by atoms with E-state index in [4.69, 9.17) is 37.0 Å². The van der Waals surface area contributed by atoms with Crippen LogP contribution in [0.25, 0.3) is 0 Å². The molecule has 0 aromatic carbocycles. The maximum Gasteiger partial charge on any atom is 0.472 e. The van der Waals surface area contributed by atoms with Crippen LogP contribution in [0.4, 0.5) is 0 Å². The molecule has 0 aromatic heterocycles. The van der Waals surface area contributed by atoms with E-state index in [1.165, 1.54) is 38.5 Å². The van der Waals surface area contributed by atoms with Gasteiger partial charge in [0.2, 0.25) is 0 Å². The number of phosphoric ester groups is 2. The third-order valence-electron chi connectivity index (χ3n) is 17.3. The Hall–Kier alpha value is -5.06. The molecule has 0 aliphatic carbocycles. The van der Waals surface area contributed by atoms with Crippen LogP contribution in [-0.4, -0.2) is 96.7 Å². The number of ether oxygens (including phenoxy) is 4. The molecule has 0 rings (SSSR count). The van der Waals surface area contributed by atoms with Gasteiger partial charge in [-0.15, -0.1) is 0 Å². The Balaban J connectivity index is 5.42. The molecule has 0 spiro atoms. The number of phosphoric acid groups is 2. The molecule has 17 nitrogen and oxygen atoms in total. The van der Waals surface area contributed by atoms with E-state index in [1.54, 1.807) is 0 Å². The lowest BCUT2D eigenvalue weighted by atomic mass is 10.1. The number of carbonyl (C=O) groups is 4. The zero-order chi connectivity index (χ0) is 78.9. The number of aliphatic hydroxyl groups is 1. The standard InChI is InChI=1S/C89H150O17P2/c1-5-9-13-17-21-25-29-33-37-40-41-44-47-50-54-58-62-66-70-74-87(92)100-79-84(105-88(93)75-71-67-63-59-55-51-45-36-32-28-24-20-16-12-8-4)81-103-107(95,96)101-77-83(90)78-102-108(97,98)104-82-85(106-89(94)76-72-68-64-60-56-52-48-43-39-35-31-27-23-19-15-11-7-3)80-99-86(91)73-69-65-61-57-53-49-46-42-38-34-30-26-22-18-14-10-6-2/h9-11,13-15,21-23,25-27,33-39,41,44-45,50,54,83-85,90H,5-8,12,16-20,24,28-32,40,42-43,46-49,51-53,55-82H2,1-4H3,(H,95,96)(H,97,98)/b13-9-,14-10-,15-11-,25-21-,26-22-,27-23-,37-33-,38-34-,39-35-,44-41-,45-36-,54-50-. The Morgan fingerprint density at radius 2 is 0.481 bits per heavy atom. The Kier molecular flexibility index (Phi) is 76.3. The number of esters is 4. The second kappa shape index (κ2) is 80.0. The Morgan fingerprint density at radius 1 is 0.269 bits per heavy atom. The maximum absolute atomic E-state index is 13.1. The molecule has 0 radical (unpaired) electrons. The van der Waals surface area contributed by atoms with Gasteiger partial charge < -0.3 is 33.8 Å². The van der Waals surface area contributed by atoms with E-state index in [9.17, 15) is 43.2 Å². The third kappa shape index (κ3) is 79.0. The largest absolute Gasteiger partial charge is 0.472 e. The van der Waals surface area contributed by atoms with Crippen molar-refractivity contribution in [3.63, 3.8) is 0 Å². The molecule has 0 fully saturated rings. The van der Waals surface area contributed by atoms with Crippen molar-refractivity contribution >= 4 is 39.5 Å². The van der Waals surface area contributed by atoms with Crippen LogP contribution in [0, 0.1) is 0 Å². The molecule has 3 N–H and O–H groups in total. The predicted octanol–water partition coefficient (Wildman–Crippen LogP) is 25.0. The molecule has 0 heterocycles. The third-order valence-corrected chi connectivity index (χ3v) is 19.2. The van der Waals surface area contributed by atoms with Gasteiger partial charge in [-0.1, -0.05) is 296 Å². The van der Waals surface area contributed by atoms with Crippen molar-refractivity contribution in [3.05, 3.63) is 146 Å². The number of aliphatic hydroxyl groups excluding tert-OH is 1. The lowest BCUT2D eigenvalue weighted by Gasteiger charge is -2.21. The van der Waals surface area contributed by atoms with Crippen molar-refractivity contribution in [2.24, 2.45) is 0 Å². The highest BCUT2D eigenvalue weighted by molar-refractivity contribution is 7.47. The molecule has 108 heavy (non-hydrogen) atoms. The highest BCUT2D eigenvalue weighted by Crippen LogP contribution is 2.45. The summed E-state index contributed by atoms with van der Waals surface area (Å²) in [6, 6.07) is 0. The van der Waals surface area contributed by atoms with Gasteiger partial charge >= 0.3 is 39.5 Å². The van der Waals surface area contributed by atoms with E-state index in [1.807, 2.05) is 0 Å². The highest BCUT2D eigenvalue weighted by atomic mass is 31.2. The van der Waals surface area contributed by atoms with Gasteiger partial charge in [-0.3, -0.25) is 37.3 Å². The van der Waals surface area contributed by atoms with Crippen molar-refractivity contribution in [3.8, 4) is 0 Å². The van der Waals surface area contributed by atoms with Crippen LogP contribution in [-0.2, 0) is 65.4 Å². The molecule has 618 valence electrons. The molecule has 0 aliphatic heterocycles. The average Bonchev–Trinajstić information content (AvgIpc) is 0.901. The Labute approximate surface area is 656 Å². The number of hydrogen-bond acceptors (Lipinski definition) is 15. The summed E-state index contributed by atoms with van der Waals surface area (Å²) >= 11 is 0. The normalized spacial score (nSPS) is 14.5. The van der Waals surface area contributed by atoms with E-state index >= 15 is 0 Å². The van der Waals surface area contributed by atoms with E-state index in [0.29, 0.717) is 25.7 Å². The summed E-state index contributed by atoms with van der Waals surface area (Å²) in [6.45, 7) is 4.50. The van der Waals surface area contributed by atoms with Crippen LogP contribution >= 0.6 is 15.6 Å². The summed E-state index contributed by atoms with van der Waals surface area (Å²) in [4.78, 5) is 73.2. The van der Waals surface area contributed by atoms with Crippen molar-refractivity contribution in [1.82, 2.24) is 0 Å². The van der Waals surface area contributed by atoms with Gasteiger partial charge in [-0.05, 0) is 161 Å². The number of rotatable bonds is 78. The van der Waals surface area contributed by atoms with Gasteiger partial charge in [0.25, 0.3) is 0 Å². The molecule has 5 atom stereocenters. The molecule has 0 bridgehead atoms. The van der Waals surface area contributed by atoms with Crippen LogP contribution in [0.1, 0.15) is 336 Å². The molecule has 0 saturated heterocycles. The fourth-order valence-corrected chi connectivity index (χ4v) is 12.6. The van der Waals surface area contributed by atoms with Crippen LogP contribution < -0.4 is 0 Å². The minimum atomic E-state index is -5.00. The Bertz CT molecular complexity index is 2610. The smallest absolute Gasteiger partial charge is 0.462 e. The van der Waals surface area contributed by atoms with Crippen molar-refractivity contribution in [1.29, 1.82) is 0 Å². The maximum atomic E-state index is 13.1. The fraction of sp³-hybridized carbons (Fsp3) is 0.685. The van der Waals surface area contributed by atoms with Crippen molar-refractivity contribution in [2.75, 3.05) is 39.6 Å². The molecular weight excluding hydrogens is 1400 g/mol. The summed E-state index contributed by atoms with van der Waals surface area (Å²) in [5.74, 6) is -2.24. The molecule has 19 heteroatoms. The predicted molar refractivity (Wildman–Crippen MR) is 445 cm³/mol. The van der Waals surface area contributed by atoms with Gasteiger partial charge in [-0.2, -0.15) is 0 Å². The van der Waals surface area contributed by atoms with Gasteiger partial charge in [-0.25, -0.2) is 9.13 Å². The van der Waals surface area contributed by atoms with E-state index in [2.05, 4.69) is 174 Å². The number of unbranched alkanes of at least 4 members (excludes halogenated alkanes) is 28. The first-order valence-electron chi connectivity index (χ1n) is 42.1. The Morgan fingerprint density at radius 3 is 0.759 bits per heavy atom. The first-order valence-corrected chi connectivity index (χ1v) is 45.1. The average molecular weight is 1550 g/mol. The van der Waals surface area contributed by atoms with Crippen molar-refractivity contribution < 1.29 is 80.2 Å². The lowest BCUT2D eigenvalue weighted by Crippen LogP contribution is -2.30. The summed E-state index contributed by atoms with van der Waals surface area (Å²) in [7, 11) is -9.99. The zero-order valence-electron chi connectivity index (χ0n) is 67.7. The van der Waals surface area contributed by atoms with Crippen LogP contribution in [0.3, 0.4) is 0 Å². The SMILES string of the molecule is CC/C=C\C/C=C\C/C=C\C/C=C\C/C=C\CCCCCC(=O)OCC(COP(=O)(O)OCC(O)COP(=O)(O)OCC(COC(=O)CCCCCCCCC/C=C\C/C=C\C/C=C\CC)OC(=O)CCCCCCCCC/C=C\C/C=C\C/C=C\CC)OC(=O)CCCCCCC/C=C\CCCCCCCC. The molecular formula is C89H150O17P2. The van der Waals surface area contributed by atoms with Gasteiger partial charge in [0.05, 0.1) is 26.4 Å². The molecule has 5 unspecified atom stereocenters. The second-order valence-corrected chi connectivity index (χ2v) is 30.5. The fourth-order valence-electron chi connectivity index (χ4n) is 11.0. The molecule has 0 saturated carbocycles. The number of carbonyl (C=O) groups excluding carboxylic acids is 4. The zero-order valence-corrected chi connectivity index (χ0v) is 69.5. The van der Waals surface area contributed by atoms with Crippen LogP contribution in [0.5, 0.6) is 0 Å². The van der Waals surface area contributed by atoms with E-state index in [0.717, 1.165) is 218 Å². The summed E-state index contributed by atoms with van der Waals surface area (Å²) < 4.78 is 68.8. The second-order valence-electron chi connectivity index (χ2n) is 27.6. The van der Waals surface area contributed by atoms with Crippen LogP contribution in [0.2, 0.25) is 0 Å². The van der Waals surface area contributed by atoms with Gasteiger partial charge in [0.1, 0.15) is 19.3 Å². The minimum Gasteiger partial charge on any atom is -0.462 e. The summed E-state index contributed by atoms with van der Waals surface area (Å²) in [6.07, 6.45) is 92.3. The quantitative estimate of drug-likeness (QED) is 0.0169. The first-order chi connectivity index (χ1) is 52.7. The number of allylic oxidation sites excluding steroid dienone is 24. The topological polar surface area (TPSA) is 237 Å². The lowest BCUT2D eigenvalue weighted by molar-refractivity contribution is -0.161. The highest BCUT2D eigenvalue weighted by Gasteiger charge is 2.30. The first kappa shape index (κ1) is 103. The molecule has 0 aliphatic rings. The summed E-state index contributed by atoms with van der Waals surface area (Å²) in [5.41, 5.74) is 0. The van der Waals surface area contributed by atoms with E-state index in [-0.39, 0.29) is 25.7 Å². The van der Waals surface area contributed by atoms with Gasteiger partial charge in [0, 0.05) is 25.7 Å². The molecule has 0 amide bonds. The number of hydrogen-bond donors (Lipinski definition) is 3. The summed E-state index contributed by atoms with van der Waals surface area (Å²) in [5, 5.41) is 10.7. The van der Waals surface area contributed by atoms with Gasteiger partial charge in [0.15, 0.2) is 12.2 Å². The van der Waals surface area contributed by atoms with Crippen molar-refractivity contribution in [2.45, 2.75) is 354 Å². The minimum absolute atomic E-state index is 0.0743. The van der Waals surface area contributed by atoms with E-state index < -0.39 is 97.5 Å².